The molecule has 0 aromatic heterocycles. The van der Waals surface area contributed by atoms with E-state index in [4.69, 9.17) is 0 Å². The fourth-order valence-corrected chi connectivity index (χ4v) is 3.89. The number of phenolic OH excluding ortho intramolecular Hbond substituents is 2. The van der Waals surface area contributed by atoms with Crippen LogP contribution in [0, 0.1) is 12.8 Å². The number of aryl methyl sites for hydroxylation is 1. The lowest BCUT2D eigenvalue weighted by molar-refractivity contribution is -0.119. The molecule has 5 nitrogen and oxygen atoms in total. The predicted molar refractivity (Wildman–Crippen MR) is 89.8 cm³/mol. The third kappa shape index (κ3) is 3.30. The van der Waals surface area contributed by atoms with Gasteiger partial charge in [-0.3, -0.25) is 9.59 Å². The highest BCUT2D eigenvalue weighted by Gasteiger charge is 2.29. The number of ketones is 1. The molecule has 1 aliphatic carbocycles. The molecule has 1 heterocycles. The van der Waals surface area contributed by atoms with Gasteiger partial charge < -0.3 is 15.1 Å². The average Bonchev–Trinajstić information content (AvgIpc) is 2.71. The van der Waals surface area contributed by atoms with Gasteiger partial charge in [-0.05, 0) is 49.4 Å². The number of hydrogen-bond acceptors (Lipinski definition) is 4. The van der Waals surface area contributed by atoms with Crippen LogP contribution in [0.3, 0.4) is 0 Å². The van der Waals surface area contributed by atoms with Crippen molar-refractivity contribution in [1.29, 1.82) is 0 Å². The third-order valence-corrected chi connectivity index (χ3v) is 5.23. The number of benzene rings is 1. The molecule has 1 aromatic rings. The van der Waals surface area contributed by atoms with E-state index in [1.165, 1.54) is 11.1 Å². The van der Waals surface area contributed by atoms with Crippen LogP contribution in [0.2, 0.25) is 0 Å². The van der Waals surface area contributed by atoms with Crippen LogP contribution in [-0.4, -0.2) is 40.4 Å². The Morgan fingerprint density at radius 1 is 1.21 bits per heavy atom. The number of Topliss-reactive ketones (excluding diaryl/α,β-unsaturated/α-hetero) is 1. The Kier molecular flexibility index (Phi) is 4.60. The summed E-state index contributed by atoms with van der Waals surface area (Å²) in [6, 6.07) is 3.17. The number of phenols is 2. The summed E-state index contributed by atoms with van der Waals surface area (Å²) in [6.45, 7) is 3.20. The fraction of sp³-hybridized carbons (Fsp3) is 0.474. The maximum atomic E-state index is 11.8. The first kappa shape index (κ1) is 16.6. The maximum absolute atomic E-state index is 11.8. The number of rotatable bonds is 3. The number of hydrogen-bond donors (Lipinski definition) is 2. The summed E-state index contributed by atoms with van der Waals surface area (Å²) in [5.74, 6) is 0.202. The second-order valence-electron chi connectivity index (χ2n) is 6.86. The van der Waals surface area contributed by atoms with Gasteiger partial charge in [-0.2, -0.15) is 0 Å². The smallest absolute Gasteiger partial charge is 0.209 e. The van der Waals surface area contributed by atoms with Gasteiger partial charge in [-0.25, -0.2) is 0 Å². The Balaban J connectivity index is 1.93. The largest absolute Gasteiger partial charge is 0.504 e. The average molecular weight is 329 g/mol. The summed E-state index contributed by atoms with van der Waals surface area (Å²) in [4.78, 5) is 24.9. The van der Waals surface area contributed by atoms with E-state index in [1.54, 1.807) is 17.0 Å². The zero-order valence-corrected chi connectivity index (χ0v) is 13.9. The van der Waals surface area contributed by atoms with E-state index >= 15 is 0 Å². The summed E-state index contributed by atoms with van der Waals surface area (Å²) in [7, 11) is 0. The van der Waals surface area contributed by atoms with Crippen LogP contribution in [0.5, 0.6) is 11.5 Å². The van der Waals surface area contributed by atoms with Crippen molar-refractivity contribution in [3.8, 4) is 11.5 Å². The minimum absolute atomic E-state index is 0.116. The van der Waals surface area contributed by atoms with Crippen molar-refractivity contribution < 1.29 is 19.8 Å². The molecule has 1 aromatic carbocycles. The van der Waals surface area contributed by atoms with Gasteiger partial charge in [0.1, 0.15) is 5.78 Å². The van der Waals surface area contributed by atoms with Crippen LogP contribution in [0.15, 0.2) is 23.3 Å². The van der Waals surface area contributed by atoms with Crippen molar-refractivity contribution >= 4 is 12.2 Å². The highest BCUT2D eigenvalue weighted by Crippen LogP contribution is 2.36. The van der Waals surface area contributed by atoms with Crippen molar-refractivity contribution in [2.75, 3.05) is 13.1 Å². The minimum atomic E-state index is -0.121. The van der Waals surface area contributed by atoms with Crippen molar-refractivity contribution in [3.63, 3.8) is 0 Å². The van der Waals surface area contributed by atoms with Crippen LogP contribution < -0.4 is 0 Å². The zero-order valence-electron chi connectivity index (χ0n) is 13.9. The predicted octanol–water partition coefficient (Wildman–Crippen LogP) is 2.48. The molecule has 0 saturated heterocycles. The van der Waals surface area contributed by atoms with Crippen molar-refractivity contribution in [3.05, 3.63) is 34.4 Å². The van der Waals surface area contributed by atoms with Gasteiger partial charge >= 0.3 is 0 Å². The molecule has 0 fully saturated rings. The van der Waals surface area contributed by atoms with Crippen molar-refractivity contribution in [1.82, 2.24) is 4.90 Å². The van der Waals surface area contributed by atoms with E-state index in [0.717, 1.165) is 30.4 Å². The molecule has 0 saturated carbocycles. The Labute approximate surface area is 141 Å². The zero-order chi connectivity index (χ0) is 17.3. The van der Waals surface area contributed by atoms with Crippen LogP contribution in [-0.2, 0) is 16.0 Å². The van der Waals surface area contributed by atoms with E-state index in [-0.39, 0.29) is 23.2 Å². The Hall–Kier alpha value is -2.30. The van der Waals surface area contributed by atoms with Gasteiger partial charge in [0.2, 0.25) is 6.41 Å². The maximum Gasteiger partial charge on any atom is 0.209 e. The lowest BCUT2D eigenvalue weighted by Gasteiger charge is -2.27. The monoisotopic (exact) mass is 329 g/mol. The van der Waals surface area contributed by atoms with Gasteiger partial charge in [-0.1, -0.05) is 11.1 Å². The lowest BCUT2D eigenvalue weighted by Crippen LogP contribution is -2.29. The van der Waals surface area contributed by atoms with Gasteiger partial charge in [0.05, 0.1) is 0 Å². The molecule has 24 heavy (non-hydrogen) atoms. The van der Waals surface area contributed by atoms with Crippen LogP contribution in [0.1, 0.15) is 36.8 Å². The van der Waals surface area contributed by atoms with Gasteiger partial charge in [0.15, 0.2) is 11.5 Å². The second kappa shape index (κ2) is 6.67. The second-order valence-corrected chi connectivity index (χ2v) is 6.86. The first-order valence-corrected chi connectivity index (χ1v) is 8.41. The van der Waals surface area contributed by atoms with E-state index < -0.39 is 0 Å². The number of carbonyl (C=O) groups excluding carboxylic acids is 2. The molecule has 2 N–H and O–H groups in total. The van der Waals surface area contributed by atoms with Crippen LogP contribution >= 0.6 is 0 Å². The molecule has 2 aliphatic rings. The quantitative estimate of drug-likeness (QED) is 0.507. The molecule has 1 aliphatic heterocycles. The minimum Gasteiger partial charge on any atom is -0.504 e. The molecule has 1 unspecified atom stereocenters. The SMILES string of the molecule is Cc1cc(O)c(O)cc1CC1CN(C=O)CCC2=C1CCC(=O)C2. The number of carbonyl (C=O) groups is 2. The molecule has 0 bridgehead atoms. The molecule has 1 amide bonds. The molecule has 128 valence electrons. The molecule has 1 atom stereocenters. The van der Waals surface area contributed by atoms with Crippen molar-refractivity contribution in [2.45, 2.75) is 39.0 Å². The van der Waals surface area contributed by atoms with Crippen LogP contribution in [0.4, 0.5) is 0 Å². The highest BCUT2D eigenvalue weighted by molar-refractivity contribution is 5.82. The molecule has 0 spiro atoms. The Morgan fingerprint density at radius 2 is 1.96 bits per heavy atom. The summed E-state index contributed by atoms with van der Waals surface area (Å²) in [6.07, 6.45) is 4.21. The standard InChI is InChI=1S/C19H23NO4/c1-12-6-18(23)19(24)9-14(12)7-15-10-20(11-21)5-4-13-8-16(22)2-3-17(13)15/h6,9,11,15,23-24H,2-5,7-8,10H2,1H3. The van der Waals surface area contributed by atoms with Gasteiger partial charge in [0.25, 0.3) is 0 Å². The highest BCUT2D eigenvalue weighted by atomic mass is 16.3. The lowest BCUT2D eigenvalue weighted by atomic mass is 9.80. The number of nitrogens with zero attached hydrogens (tertiary/aromatic N) is 1. The Bertz CT molecular complexity index is 708. The molecular formula is C19H23NO4. The van der Waals surface area contributed by atoms with Gasteiger partial charge in [-0.15, -0.1) is 0 Å². The third-order valence-electron chi connectivity index (χ3n) is 5.23. The van der Waals surface area contributed by atoms with Crippen LogP contribution in [0.25, 0.3) is 0 Å². The first-order chi connectivity index (χ1) is 11.5. The molecule has 3 rings (SSSR count). The fourth-order valence-electron chi connectivity index (χ4n) is 3.89. The van der Waals surface area contributed by atoms with E-state index in [2.05, 4.69) is 0 Å². The van der Waals surface area contributed by atoms with Crippen molar-refractivity contribution in [2.24, 2.45) is 5.92 Å². The van der Waals surface area contributed by atoms with E-state index in [9.17, 15) is 19.8 Å². The van der Waals surface area contributed by atoms with Gasteiger partial charge in [0, 0.05) is 31.8 Å². The molecule has 5 heteroatoms. The normalized spacial score (nSPS) is 21.5. The van der Waals surface area contributed by atoms with E-state index in [1.807, 2.05) is 6.92 Å². The number of amides is 1. The first-order valence-electron chi connectivity index (χ1n) is 8.41. The Morgan fingerprint density at radius 3 is 2.71 bits per heavy atom. The summed E-state index contributed by atoms with van der Waals surface area (Å²) in [5.41, 5.74) is 4.39. The van der Waals surface area contributed by atoms with E-state index in [0.29, 0.717) is 32.4 Å². The summed E-state index contributed by atoms with van der Waals surface area (Å²) < 4.78 is 0. The molecule has 0 radical (unpaired) electrons. The summed E-state index contributed by atoms with van der Waals surface area (Å²) >= 11 is 0. The summed E-state index contributed by atoms with van der Waals surface area (Å²) in [5, 5.41) is 19.4. The number of aromatic hydroxyl groups is 2. The molecular weight excluding hydrogens is 306 g/mol. The topological polar surface area (TPSA) is 77.8 Å².